The predicted molar refractivity (Wildman–Crippen MR) is 156 cm³/mol. The molecule has 2 aliphatic heterocycles. The number of carbonyl (C=O) groups excluding carboxylic acids is 2. The van der Waals surface area contributed by atoms with E-state index >= 15 is 0 Å². The minimum atomic E-state index is -0.0455. The van der Waals surface area contributed by atoms with Gasteiger partial charge in [-0.15, -0.1) is 24.8 Å². The number of hydrogen-bond acceptors (Lipinski definition) is 5. The van der Waals surface area contributed by atoms with Crippen molar-refractivity contribution >= 4 is 42.3 Å². The highest BCUT2D eigenvalue weighted by Gasteiger charge is 2.44. The van der Waals surface area contributed by atoms with E-state index in [0.717, 1.165) is 69.7 Å². The minimum absolute atomic E-state index is 0. The number of hydrogen-bond donors (Lipinski definition) is 0. The lowest BCUT2D eigenvalue weighted by atomic mass is 9.76. The Morgan fingerprint density at radius 3 is 2.05 bits per heavy atom. The maximum atomic E-state index is 12.9. The van der Waals surface area contributed by atoms with Crippen LogP contribution in [0.3, 0.4) is 0 Å². The van der Waals surface area contributed by atoms with Gasteiger partial charge in [-0.25, -0.2) is 0 Å². The van der Waals surface area contributed by atoms with Crippen molar-refractivity contribution in [2.75, 3.05) is 31.1 Å². The third-order valence-electron chi connectivity index (χ3n) is 8.00. The topological polar surface area (TPSA) is 53.1 Å². The van der Waals surface area contributed by atoms with Gasteiger partial charge in [0.25, 0.3) is 0 Å². The summed E-state index contributed by atoms with van der Waals surface area (Å²) in [4.78, 5) is 32.2. The van der Waals surface area contributed by atoms with Crippen LogP contribution in [0, 0.1) is 5.41 Å². The zero-order valence-electron chi connectivity index (χ0n) is 22.6. The number of rotatable bonds is 7. The van der Waals surface area contributed by atoms with Crippen molar-refractivity contribution in [2.45, 2.75) is 71.6 Å². The van der Waals surface area contributed by atoms with Gasteiger partial charge in [-0.3, -0.25) is 19.4 Å². The van der Waals surface area contributed by atoms with Gasteiger partial charge in [-0.05, 0) is 55.4 Å². The molecule has 3 fully saturated rings. The SMILES string of the molecule is CC(C)Oc1ccccc1N1CCN(Cc2cccc(CN3C(=O)CC4(CCCC4)CC3=O)c2)CC1.Cl.Cl. The van der Waals surface area contributed by atoms with Crippen LogP contribution in [0.5, 0.6) is 5.75 Å². The summed E-state index contributed by atoms with van der Waals surface area (Å²) < 4.78 is 6.03. The van der Waals surface area contributed by atoms with Gasteiger partial charge in [-0.1, -0.05) is 49.2 Å². The van der Waals surface area contributed by atoms with Crippen LogP contribution in [0.15, 0.2) is 48.5 Å². The van der Waals surface area contributed by atoms with Crippen molar-refractivity contribution in [1.29, 1.82) is 0 Å². The number of amides is 2. The van der Waals surface area contributed by atoms with Crippen molar-refractivity contribution in [3.8, 4) is 5.75 Å². The first-order chi connectivity index (χ1) is 17.4. The third-order valence-corrected chi connectivity index (χ3v) is 8.00. The summed E-state index contributed by atoms with van der Waals surface area (Å²) in [6.45, 7) is 9.25. The van der Waals surface area contributed by atoms with E-state index in [2.05, 4.69) is 60.0 Å². The summed E-state index contributed by atoms with van der Waals surface area (Å²) in [7, 11) is 0. The molecule has 2 aromatic rings. The number of halogens is 2. The molecule has 2 aromatic carbocycles. The molecule has 0 N–H and O–H groups in total. The zero-order chi connectivity index (χ0) is 25.1. The van der Waals surface area contributed by atoms with E-state index in [1.54, 1.807) is 0 Å². The number of benzene rings is 2. The van der Waals surface area contributed by atoms with Crippen molar-refractivity contribution < 1.29 is 14.3 Å². The average molecular weight is 563 g/mol. The number of nitrogens with zero attached hydrogens (tertiary/aromatic N) is 3. The summed E-state index contributed by atoms with van der Waals surface area (Å²) in [6.07, 6.45) is 5.57. The molecule has 1 aliphatic carbocycles. The molecule has 8 heteroatoms. The van der Waals surface area contributed by atoms with Gasteiger partial charge in [0.15, 0.2) is 0 Å². The molecule has 0 bridgehead atoms. The fraction of sp³-hybridized carbons (Fsp3) is 0.533. The van der Waals surface area contributed by atoms with Crippen molar-refractivity contribution in [3.63, 3.8) is 0 Å². The maximum absolute atomic E-state index is 12.9. The van der Waals surface area contributed by atoms with Crippen LogP contribution in [0.4, 0.5) is 5.69 Å². The Hall–Kier alpha value is -2.28. The zero-order valence-corrected chi connectivity index (χ0v) is 24.2. The molecular formula is C30H41Cl2N3O3. The van der Waals surface area contributed by atoms with E-state index in [0.29, 0.717) is 19.4 Å². The molecule has 0 radical (unpaired) electrons. The highest BCUT2D eigenvalue weighted by molar-refractivity contribution is 5.98. The van der Waals surface area contributed by atoms with E-state index in [-0.39, 0.29) is 48.1 Å². The number of para-hydroxylation sites is 2. The van der Waals surface area contributed by atoms with Gasteiger partial charge in [0.2, 0.25) is 11.8 Å². The number of carbonyl (C=O) groups is 2. The Morgan fingerprint density at radius 2 is 1.42 bits per heavy atom. The molecule has 208 valence electrons. The van der Waals surface area contributed by atoms with E-state index < -0.39 is 0 Å². The van der Waals surface area contributed by atoms with Gasteiger partial charge in [0, 0.05) is 45.6 Å². The Labute approximate surface area is 239 Å². The van der Waals surface area contributed by atoms with Gasteiger partial charge < -0.3 is 9.64 Å². The minimum Gasteiger partial charge on any atom is -0.489 e. The smallest absolute Gasteiger partial charge is 0.230 e. The molecule has 2 amide bonds. The molecule has 1 spiro atoms. The lowest BCUT2D eigenvalue weighted by Crippen LogP contribution is -2.46. The van der Waals surface area contributed by atoms with Gasteiger partial charge in [-0.2, -0.15) is 0 Å². The highest BCUT2D eigenvalue weighted by Crippen LogP contribution is 2.47. The fourth-order valence-electron chi connectivity index (χ4n) is 6.17. The first kappa shape index (κ1) is 30.3. The quantitative estimate of drug-likeness (QED) is 0.397. The lowest BCUT2D eigenvalue weighted by molar-refractivity contribution is -0.154. The Balaban J connectivity index is 0.00000200. The van der Waals surface area contributed by atoms with Gasteiger partial charge in [0.1, 0.15) is 5.75 Å². The largest absolute Gasteiger partial charge is 0.489 e. The number of ether oxygens (including phenoxy) is 1. The molecule has 2 heterocycles. The summed E-state index contributed by atoms with van der Waals surface area (Å²) in [6, 6.07) is 16.7. The molecule has 0 aromatic heterocycles. The van der Waals surface area contributed by atoms with Crippen molar-refractivity contribution in [3.05, 3.63) is 59.7 Å². The Kier molecular flexibility index (Phi) is 10.5. The molecule has 1 saturated carbocycles. The first-order valence-electron chi connectivity index (χ1n) is 13.5. The normalized spacial score (nSPS) is 19.4. The Morgan fingerprint density at radius 1 is 0.816 bits per heavy atom. The summed E-state index contributed by atoms with van der Waals surface area (Å²) >= 11 is 0. The predicted octanol–water partition coefficient (Wildman–Crippen LogP) is 5.85. The second kappa shape index (κ2) is 13.2. The van der Waals surface area contributed by atoms with E-state index in [4.69, 9.17) is 4.74 Å². The highest BCUT2D eigenvalue weighted by atomic mass is 35.5. The average Bonchev–Trinajstić information content (AvgIpc) is 3.29. The Bertz CT molecular complexity index is 1080. The molecule has 3 aliphatic rings. The lowest BCUT2D eigenvalue weighted by Gasteiger charge is -2.37. The maximum Gasteiger partial charge on any atom is 0.230 e. The molecule has 2 saturated heterocycles. The van der Waals surface area contributed by atoms with Crippen molar-refractivity contribution in [1.82, 2.24) is 9.80 Å². The van der Waals surface area contributed by atoms with Crippen LogP contribution in [0.1, 0.15) is 63.5 Å². The van der Waals surface area contributed by atoms with Crippen LogP contribution in [0.25, 0.3) is 0 Å². The standard InChI is InChI=1S/C30H39N3O3.2ClH/c1-23(2)36-27-11-4-3-10-26(27)32-16-14-31(15-17-32)21-24-8-7-9-25(18-24)22-33-28(34)19-30(20-29(33)35)12-5-6-13-30;;/h3-4,7-11,18,23H,5-6,12-17,19-22H2,1-2H3;2*1H. The van der Waals surface area contributed by atoms with E-state index in [1.807, 2.05) is 12.1 Å². The number of anilines is 1. The molecule has 38 heavy (non-hydrogen) atoms. The monoisotopic (exact) mass is 561 g/mol. The van der Waals surface area contributed by atoms with Gasteiger partial charge >= 0.3 is 0 Å². The van der Waals surface area contributed by atoms with Crippen molar-refractivity contribution in [2.24, 2.45) is 5.41 Å². The van der Waals surface area contributed by atoms with Crippen LogP contribution in [-0.2, 0) is 22.7 Å². The molecule has 0 atom stereocenters. The summed E-state index contributed by atoms with van der Waals surface area (Å²) in [5.41, 5.74) is 3.39. The van der Waals surface area contributed by atoms with Crippen LogP contribution >= 0.6 is 24.8 Å². The molecule has 6 nitrogen and oxygen atoms in total. The number of piperazine rings is 1. The van der Waals surface area contributed by atoms with E-state index in [1.165, 1.54) is 16.2 Å². The number of likely N-dealkylation sites (tertiary alicyclic amines) is 1. The number of piperidine rings is 1. The summed E-state index contributed by atoms with van der Waals surface area (Å²) in [5.74, 6) is 0.974. The molecule has 5 rings (SSSR count). The van der Waals surface area contributed by atoms with Crippen LogP contribution in [-0.4, -0.2) is 53.9 Å². The number of imide groups is 1. The summed E-state index contributed by atoms with van der Waals surface area (Å²) in [5, 5.41) is 0. The second-order valence-electron chi connectivity index (χ2n) is 11.2. The van der Waals surface area contributed by atoms with Gasteiger partial charge in [0.05, 0.1) is 18.3 Å². The third kappa shape index (κ3) is 7.02. The molecular weight excluding hydrogens is 521 g/mol. The van der Waals surface area contributed by atoms with Crippen LogP contribution in [0.2, 0.25) is 0 Å². The fourth-order valence-corrected chi connectivity index (χ4v) is 6.17. The molecule has 0 unspecified atom stereocenters. The van der Waals surface area contributed by atoms with Crippen LogP contribution < -0.4 is 9.64 Å². The van der Waals surface area contributed by atoms with E-state index in [9.17, 15) is 9.59 Å². The second-order valence-corrected chi connectivity index (χ2v) is 11.2. The first-order valence-corrected chi connectivity index (χ1v) is 13.5.